The smallest absolute Gasteiger partial charge is 0.309 e. The first-order valence-electron chi connectivity index (χ1n) is 8.81. The minimum absolute atomic E-state index is 0.0734. The van der Waals surface area contributed by atoms with Gasteiger partial charge in [0, 0.05) is 29.1 Å². The zero-order chi connectivity index (χ0) is 19.4. The SMILES string of the molecule is CCOC(=O)C1CCN(C(=O)COc2c(Br)cc(Br)c3cccnc23)CC1. The van der Waals surface area contributed by atoms with Crippen LogP contribution in [0.2, 0.25) is 0 Å². The fraction of sp³-hybridized carbons (Fsp3) is 0.421. The van der Waals surface area contributed by atoms with Gasteiger partial charge in [0.25, 0.3) is 5.91 Å². The van der Waals surface area contributed by atoms with E-state index in [-0.39, 0.29) is 24.4 Å². The van der Waals surface area contributed by atoms with E-state index in [0.29, 0.717) is 43.8 Å². The summed E-state index contributed by atoms with van der Waals surface area (Å²) < 4.78 is 12.5. The van der Waals surface area contributed by atoms with Crippen molar-refractivity contribution in [2.75, 3.05) is 26.3 Å². The lowest BCUT2D eigenvalue weighted by molar-refractivity contribution is -0.151. The molecule has 0 unspecified atom stereocenters. The molecule has 6 nitrogen and oxygen atoms in total. The largest absolute Gasteiger partial charge is 0.480 e. The summed E-state index contributed by atoms with van der Waals surface area (Å²) in [4.78, 5) is 30.4. The highest BCUT2D eigenvalue weighted by molar-refractivity contribution is 9.11. The molecule has 0 radical (unpaired) electrons. The number of fused-ring (bicyclic) bond motifs is 1. The normalized spacial score (nSPS) is 15.0. The van der Waals surface area contributed by atoms with Gasteiger partial charge in [-0.3, -0.25) is 14.6 Å². The van der Waals surface area contributed by atoms with Crippen molar-refractivity contribution >= 4 is 54.6 Å². The number of halogens is 2. The van der Waals surface area contributed by atoms with Gasteiger partial charge in [-0.2, -0.15) is 0 Å². The lowest BCUT2D eigenvalue weighted by Gasteiger charge is -2.30. The van der Waals surface area contributed by atoms with Crippen molar-refractivity contribution in [3.05, 3.63) is 33.3 Å². The molecule has 0 N–H and O–H groups in total. The van der Waals surface area contributed by atoms with Gasteiger partial charge in [0.1, 0.15) is 5.52 Å². The molecule has 2 heterocycles. The summed E-state index contributed by atoms with van der Waals surface area (Å²) in [6, 6.07) is 5.67. The van der Waals surface area contributed by atoms with E-state index in [1.165, 1.54) is 0 Å². The number of hydrogen-bond donors (Lipinski definition) is 0. The van der Waals surface area contributed by atoms with Crippen molar-refractivity contribution in [1.29, 1.82) is 0 Å². The molecule has 0 bridgehead atoms. The van der Waals surface area contributed by atoms with Crippen molar-refractivity contribution < 1.29 is 19.1 Å². The monoisotopic (exact) mass is 498 g/mol. The predicted molar refractivity (Wildman–Crippen MR) is 109 cm³/mol. The molecule has 144 valence electrons. The van der Waals surface area contributed by atoms with Crippen LogP contribution in [-0.4, -0.2) is 48.1 Å². The Morgan fingerprint density at radius 1 is 1.26 bits per heavy atom. The number of carbonyl (C=O) groups is 2. The molecule has 2 aromatic rings. The van der Waals surface area contributed by atoms with Crippen LogP contribution < -0.4 is 4.74 Å². The molecule has 0 aliphatic carbocycles. The second-order valence-electron chi connectivity index (χ2n) is 6.26. The summed E-state index contributed by atoms with van der Waals surface area (Å²) >= 11 is 7.00. The second-order valence-corrected chi connectivity index (χ2v) is 7.97. The van der Waals surface area contributed by atoms with Gasteiger partial charge in [0.15, 0.2) is 12.4 Å². The van der Waals surface area contributed by atoms with E-state index >= 15 is 0 Å². The average molecular weight is 500 g/mol. The van der Waals surface area contributed by atoms with Crippen molar-refractivity contribution in [3.8, 4) is 5.75 Å². The highest BCUT2D eigenvalue weighted by Crippen LogP contribution is 2.37. The third-order valence-corrected chi connectivity index (χ3v) is 5.80. The Morgan fingerprint density at radius 3 is 2.70 bits per heavy atom. The number of carbonyl (C=O) groups excluding carboxylic acids is 2. The number of aromatic nitrogens is 1. The van der Waals surface area contributed by atoms with E-state index in [1.807, 2.05) is 18.2 Å². The number of hydrogen-bond acceptors (Lipinski definition) is 5. The minimum Gasteiger partial charge on any atom is -0.480 e. The van der Waals surface area contributed by atoms with E-state index < -0.39 is 0 Å². The number of nitrogens with zero attached hydrogens (tertiary/aromatic N) is 2. The maximum Gasteiger partial charge on any atom is 0.309 e. The van der Waals surface area contributed by atoms with Gasteiger partial charge < -0.3 is 14.4 Å². The van der Waals surface area contributed by atoms with Crippen LogP contribution in [-0.2, 0) is 14.3 Å². The van der Waals surface area contributed by atoms with Crippen molar-refractivity contribution in [3.63, 3.8) is 0 Å². The van der Waals surface area contributed by atoms with Gasteiger partial charge in [-0.05, 0) is 47.8 Å². The van der Waals surface area contributed by atoms with E-state index in [1.54, 1.807) is 18.0 Å². The third kappa shape index (κ3) is 4.60. The van der Waals surface area contributed by atoms with Crippen LogP contribution in [0.15, 0.2) is 33.3 Å². The number of ether oxygens (including phenoxy) is 2. The molecule has 27 heavy (non-hydrogen) atoms. The molecule has 1 saturated heterocycles. The fourth-order valence-corrected chi connectivity index (χ4v) is 4.52. The number of likely N-dealkylation sites (tertiary alicyclic amines) is 1. The molecule has 0 saturated carbocycles. The quantitative estimate of drug-likeness (QED) is 0.583. The Morgan fingerprint density at radius 2 is 2.00 bits per heavy atom. The number of rotatable bonds is 5. The van der Waals surface area contributed by atoms with Crippen LogP contribution in [0.25, 0.3) is 10.9 Å². The standard InChI is InChI=1S/C19H20Br2N2O4/c1-2-26-19(25)12-5-8-23(9-6-12)16(24)11-27-18-15(21)10-14(20)13-4-3-7-22-17(13)18/h3-4,7,10,12H,2,5-6,8-9,11H2,1H3. The van der Waals surface area contributed by atoms with E-state index in [0.717, 1.165) is 14.3 Å². The number of pyridine rings is 1. The summed E-state index contributed by atoms with van der Waals surface area (Å²) in [5.74, 6) is 0.153. The van der Waals surface area contributed by atoms with Crippen LogP contribution in [0.4, 0.5) is 0 Å². The Bertz CT molecular complexity index is 851. The van der Waals surface area contributed by atoms with Crippen LogP contribution in [0, 0.1) is 5.92 Å². The van der Waals surface area contributed by atoms with Gasteiger partial charge in [0.05, 0.1) is 17.0 Å². The van der Waals surface area contributed by atoms with Crippen LogP contribution in [0.1, 0.15) is 19.8 Å². The first-order chi connectivity index (χ1) is 13.0. The highest BCUT2D eigenvalue weighted by Gasteiger charge is 2.28. The summed E-state index contributed by atoms with van der Waals surface area (Å²) in [5, 5.41) is 0.915. The zero-order valence-electron chi connectivity index (χ0n) is 14.9. The Hall–Kier alpha value is -1.67. The zero-order valence-corrected chi connectivity index (χ0v) is 18.1. The van der Waals surface area contributed by atoms with Crippen LogP contribution >= 0.6 is 31.9 Å². The molecular weight excluding hydrogens is 480 g/mol. The lowest BCUT2D eigenvalue weighted by atomic mass is 9.97. The summed E-state index contributed by atoms with van der Waals surface area (Å²) in [6.45, 7) is 3.18. The number of amides is 1. The van der Waals surface area contributed by atoms with E-state index in [4.69, 9.17) is 9.47 Å². The lowest BCUT2D eigenvalue weighted by Crippen LogP contribution is -2.42. The first-order valence-corrected chi connectivity index (χ1v) is 10.4. The van der Waals surface area contributed by atoms with Gasteiger partial charge in [-0.15, -0.1) is 0 Å². The summed E-state index contributed by atoms with van der Waals surface area (Å²) in [5.41, 5.74) is 0.688. The molecule has 1 amide bonds. The number of esters is 1. The van der Waals surface area contributed by atoms with Gasteiger partial charge in [-0.25, -0.2) is 0 Å². The average Bonchev–Trinajstić information content (AvgIpc) is 2.68. The maximum absolute atomic E-state index is 12.5. The Kier molecular flexibility index (Phi) is 6.70. The second kappa shape index (κ2) is 9.01. The molecular formula is C19H20Br2N2O4. The third-order valence-electron chi connectivity index (χ3n) is 4.56. The number of benzene rings is 1. The molecule has 0 spiro atoms. The molecule has 1 aliphatic heterocycles. The van der Waals surface area contributed by atoms with Crippen LogP contribution in [0.3, 0.4) is 0 Å². The van der Waals surface area contributed by atoms with E-state index in [2.05, 4.69) is 36.8 Å². The van der Waals surface area contributed by atoms with Gasteiger partial charge >= 0.3 is 5.97 Å². The van der Waals surface area contributed by atoms with Crippen LogP contribution in [0.5, 0.6) is 5.75 Å². The maximum atomic E-state index is 12.5. The molecule has 1 fully saturated rings. The molecule has 0 atom stereocenters. The highest BCUT2D eigenvalue weighted by atomic mass is 79.9. The molecule has 1 aromatic carbocycles. The molecule has 8 heteroatoms. The van der Waals surface area contributed by atoms with E-state index in [9.17, 15) is 9.59 Å². The van der Waals surface area contributed by atoms with Gasteiger partial charge in [0.2, 0.25) is 0 Å². The molecule has 1 aliphatic rings. The topological polar surface area (TPSA) is 68.7 Å². The van der Waals surface area contributed by atoms with Crippen molar-refractivity contribution in [1.82, 2.24) is 9.88 Å². The fourth-order valence-electron chi connectivity index (χ4n) is 3.13. The molecule has 1 aromatic heterocycles. The molecule has 3 rings (SSSR count). The predicted octanol–water partition coefficient (Wildman–Crippen LogP) is 3.94. The summed E-state index contributed by atoms with van der Waals surface area (Å²) in [7, 11) is 0. The van der Waals surface area contributed by atoms with Crippen molar-refractivity contribution in [2.45, 2.75) is 19.8 Å². The first kappa shape index (κ1) is 20.1. The minimum atomic E-state index is -0.169. The van der Waals surface area contributed by atoms with Gasteiger partial charge in [-0.1, -0.05) is 22.0 Å². The Labute approximate surface area is 174 Å². The Balaban J connectivity index is 1.62. The summed E-state index contributed by atoms with van der Waals surface area (Å²) in [6.07, 6.45) is 2.93. The number of piperidine rings is 1. The van der Waals surface area contributed by atoms with Crippen molar-refractivity contribution in [2.24, 2.45) is 5.92 Å².